The molecule has 0 aromatic heterocycles. The van der Waals surface area contributed by atoms with E-state index in [2.05, 4.69) is 19.2 Å². The van der Waals surface area contributed by atoms with Gasteiger partial charge < -0.3 is 20.3 Å². The highest BCUT2D eigenvalue weighted by atomic mass is 16.5. The number of amides is 1. The summed E-state index contributed by atoms with van der Waals surface area (Å²) in [5.74, 6) is -0.105. The molecule has 0 rings (SSSR count). The molecule has 6 heteroatoms. The summed E-state index contributed by atoms with van der Waals surface area (Å²) in [6.45, 7) is 4.87. The van der Waals surface area contributed by atoms with Crippen molar-refractivity contribution in [3.8, 4) is 0 Å². The molecule has 3 N–H and O–H groups in total. The first-order valence-corrected chi connectivity index (χ1v) is 27.5. The van der Waals surface area contributed by atoms with Crippen LogP contribution in [0.3, 0.4) is 0 Å². The van der Waals surface area contributed by atoms with Crippen LogP contribution in [0.2, 0.25) is 0 Å². The molecule has 2 unspecified atom stereocenters. The van der Waals surface area contributed by atoms with Crippen LogP contribution < -0.4 is 5.32 Å². The molecule has 6 nitrogen and oxygen atoms in total. The summed E-state index contributed by atoms with van der Waals surface area (Å²) >= 11 is 0. The smallest absolute Gasteiger partial charge is 0.305 e. The molecule has 2 atom stereocenters. The SMILES string of the molecule is CCCCCCCCCCCCCCCCCCC/C=C/C(O)C(CO)NC(=O)CCCCCCCCCCCCOC(=O)CCCCCCCCCCCCCCCCC. The van der Waals surface area contributed by atoms with Gasteiger partial charge in [-0.2, -0.15) is 0 Å². The van der Waals surface area contributed by atoms with E-state index in [1.165, 1.54) is 218 Å². The molecule has 0 bridgehead atoms. The van der Waals surface area contributed by atoms with Crippen LogP contribution >= 0.6 is 0 Å². The third-order valence-electron chi connectivity index (χ3n) is 12.8. The highest BCUT2D eigenvalue weighted by Crippen LogP contribution is 2.17. The Hall–Kier alpha value is -1.40. The first kappa shape index (κ1) is 59.6. The lowest BCUT2D eigenvalue weighted by atomic mass is 10.0. The minimum atomic E-state index is -0.858. The molecule has 0 heterocycles. The van der Waals surface area contributed by atoms with Crippen LogP contribution in [0.1, 0.15) is 303 Å². The number of esters is 1. The number of unbranched alkanes of at least 4 members (excludes halogenated alkanes) is 40. The maximum Gasteiger partial charge on any atom is 0.305 e. The van der Waals surface area contributed by atoms with Crippen molar-refractivity contribution in [2.24, 2.45) is 0 Å². The Bertz CT molecular complexity index is 909. The van der Waals surface area contributed by atoms with Gasteiger partial charge in [0.25, 0.3) is 0 Å². The number of carbonyl (C=O) groups is 2. The normalized spacial score (nSPS) is 12.7. The minimum Gasteiger partial charge on any atom is -0.466 e. The van der Waals surface area contributed by atoms with Gasteiger partial charge in [-0.05, 0) is 32.1 Å². The second kappa shape index (κ2) is 51.2. The Morgan fingerprint density at radius 2 is 0.754 bits per heavy atom. The number of carbonyl (C=O) groups excluding carboxylic acids is 2. The van der Waals surface area contributed by atoms with E-state index in [0.717, 1.165) is 57.8 Å². The highest BCUT2D eigenvalue weighted by molar-refractivity contribution is 5.76. The maximum absolute atomic E-state index is 12.5. The van der Waals surface area contributed by atoms with Crippen LogP contribution in [0.4, 0.5) is 0 Å². The molecule has 0 saturated carbocycles. The number of aliphatic hydroxyl groups excluding tert-OH is 2. The molecular weight excluding hydrogens is 755 g/mol. The summed E-state index contributed by atoms with van der Waals surface area (Å²) in [7, 11) is 0. The Balaban J connectivity index is 3.50. The molecule has 362 valence electrons. The first-order valence-electron chi connectivity index (χ1n) is 27.5. The molecule has 0 aliphatic rings. The van der Waals surface area contributed by atoms with Crippen molar-refractivity contribution in [3.63, 3.8) is 0 Å². The Morgan fingerprint density at radius 1 is 0.443 bits per heavy atom. The second-order valence-corrected chi connectivity index (χ2v) is 18.9. The van der Waals surface area contributed by atoms with Crippen molar-refractivity contribution >= 4 is 11.9 Å². The monoisotopic (exact) mass is 862 g/mol. The van der Waals surface area contributed by atoms with Crippen molar-refractivity contribution < 1.29 is 24.5 Å². The maximum atomic E-state index is 12.5. The Kier molecular flexibility index (Phi) is 50.1. The third-order valence-corrected chi connectivity index (χ3v) is 12.8. The van der Waals surface area contributed by atoms with E-state index in [4.69, 9.17) is 4.74 Å². The van der Waals surface area contributed by atoms with E-state index >= 15 is 0 Å². The largest absolute Gasteiger partial charge is 0.466 e. The van der Waals surface area contributed by atoms with Crippen molar-refractivity contribution in [2.45, 2.75) is 315 Å². The summed E-state index contributed by atoms with van der Waals surface area (Å²) in [6, 6.07) is -0.644. The summed E-state index contributed by atoms with van der Waals surface area (Å²) in [4.78, 5) is 24.5. The Morgan fingerprint density at radius 3 is 1.11 bits per heavy atom. The summed E-state index contributed by atoms with van der Waals surface area (Å²) in [6.07, 6.45) is 59.3. The van der Waals surface area contributed by atoms with Crippen LogP contribution in [0.25, 0.3) is 0 Å². The molecule has 0 aromatic carbocycles. The molecular formula is C55H107NO5. The average Bonchev–Trinajstić information content (AvgIpc) is 3.26. The standard InChI is InChI=1S/C55H107NO5/c1-3-5-7-9-11-13-15-17-19-20-21-22-24-25-27-31-35-39-43-47-53(58)52(51-57)56-54(59)48-44-40-36-32-29-30-34-38-42-46-50-61-55(60)49-45-41-37-33-28-26-23-18-16-14-12-10-8-6-4-2/h43,47,52-53,57-58H,3-42,44-46,48-51H2,1-2H3,(H,56,59)/b47-43+. The number of allylic oxidation sites excluding steroid dienone is 1. The van der Waals surface area contributed by atoms with Crippen molar-refractivity contribution in [3.05, 3.63) is 12.2 Å². The quantitative estimate of drug-likeness (QED) is 0.0322. The van der Waals surface area contributed by atoms with Crippen molar-refractivity contribution in [1.82, 2.24) is 5.32 Å². The van der Waals surface area contributed by atoms with Gasteiger partial charge in [-0.15, -0.1) is 0 Å². The summed E-state index contributed by atoms with van der Waals surface area (Å²) in [5, 5.41) is 23.1. The molecule has 0 spiro atoms. The topological polar surface area (TPSA) is 95.9 Å². The fourth-order valence-electron chi connectivity index (χ4n) is 8.58. The Labute approximate surface area is 380 Å². The van der Waals surface area contributed by atoms with Gasteiger partial charge in [0.05, 0.1) is 25.4 Å². The van der Waals surface area contributed by atoms with Crippen molar-refractivity contribution in [1.29, 1.82) is 0 Å². The van der Waals surface area contributed by atoms with Gasteiger partial charge in [0.1, 0.15) is 0 Å². The fourth-order valence-corrected chi connectivity index (χ4v) is 8.58. The number of aliphatic hydroxyl groups is 2. The van der Waals surface area contributed by atoms with Crippen LogP contribution in [0.5, 0.6) is 0 Å². The van der Waals surface area contributed by atoms with Gasteiger partial charge in [0.15, 0.2) is 0 Å². The molecule has 1 amide bonds. The zero-order valence-electron chi connectivity index (χ0n) is 41.2. The lowest BCUT2D eigenvalue weighted by Gasteiger charge is -2.20. The predicted octanol–water partition coefficient (Wildman–Crippen LogP) is 16.5. The zero-order chi connectivity index (χ0) is 44.4. The van der Waals surface area contributed by atoms with Gasteiger partial charge in [-0.3, -0.25) is 9.59 Å². The fraction of sp³-hybridized carbons (Fsp3) is 0.927. The van der Waals surface area contributed by atoms with Gasteiger partial charge in [-0.25, -0.2) is 0 Å². The molecule has 61 heavy (non-hydrogen) atoms. The van der Waals surface area contributed by atoms with E-state index < -0.39 is 12.1 Å². The highest BCUT2D eigenvalue weighted by Gasteiger charge is 2.18. The van der Waals surface area contributed by atoms with E-state index in [9.17, 15) is 19.8 Å². The summed E-state index contributed by atoms with van der Waals surface area (Å²) in [5.41, 5.74) is 0. The molecule has 0 aromatic rings. The van der Waals surface area contributed by atoms with E-state index in [1.807, 2.05) is 6.08 Å². The second-order valence-electron chi connectivity index (χ2n) is 18.9. The lowest BCUT2D eigenvalue weighted by molar-refractivity contribution is -0.143. The van der Waals surface area contributed by atoms with Crippen LogP contribution in [0.15, 0.2) is 12.2 Å². The van der Waals surface area contributed by atoms with Gasteiger partial charge in [0.2, 0.25) is 5.91 Å². The zero-order valence-corrected chi connectivity index (χ0v) is 41.2. The first-order chi connectivity index (χ1) is 30.0. The summed E-state index contributed by atoms with van der Waals surface area (Å²) < 4.78 is 5.46. The van der Waals surface area contributed by atoms with E-state index in [-0.39, 0.29) is 18.5 Å². The van der Waals surface area contributed by atoms with E-state index in [1.54, 1.807) is 6.08 Å². The number of hydrogen-bond donors (Lipinski definition) is 3. The van der Waals surface area contributed by atoms with Gasteiger partial charge in [0, 0.05) is 12.8 Å². The number of nitrogens with one attached hydrogen (secondary N) is 1. The molecule has 0 saturated heterocycles. The van der Waals surface area contributed by atoms with Gasteiger partial charge in [-0.1, -0.05) is 270 Å². The van der Waals surface area contributed by atoms with Gasteiger partial charge >= 0.3 is 5.97 Å². The van der Waals surface area contributed by atoms with Crippen molar-refractivity contribution in [2.75, 3.05) is 13.2 Å². The number of ether oxygens (including phenoxy) is 1. The number of rotatable bonds is 51. The minimum absolute atomic E-state index is 0.0173. The lowest BCUT2D eigenvalue weighted by Crippen LogP contribution is -2.45. The molecule has 0 fully saturated rings. The molecule has 0 aliphatic heterocycles. The van der Waals surface area contributed by atoms with Crippen LogP contribution in [0, 0.1) is 0 Å². The third kappa shape index (κ3) is 47.9. The van der Waals surface area contributed by atoms with Crippen LogP contribution in [-0.2, 0) is 14.3 Å². The molecule has 0 radical (unpaired) electrons. The molecule has 0 aliphatic carbocycles. The number of hydrogen-bond acceptors (Lipinski definition) is 5. The van der Waals surface area contributed by atoms with E-state index in [0.29, 0.717) is 19.4 Å². The average molecular weight is 862 g/mol. The van der Waals surface area contributed by atoms with Crippen LogP contribution in [-0.4, -0.2) is 47.4 Å². The predicted molar refractivity (Wildman–Crippen MR) is 264 cm³/mol.